The van der Waals surface area contributed by atoms with E-state index in [9.17, 15) is 0 Å². The van der Waals surface area contributed by atoms with Crippen molar-refractivity contribution in [3.8, 4) is 0 Å². The highest BCUT2D eigenvalue weighted by Gasteiger charge is 2.07. The van der Waals surface area contributed by atoms with E-state index >= 15 is 0 Å². The Kier molecular flexibility index (Phi) is 9.99. The average molecular weight is 230 g/mol. The van der Waals surface area contributed by atoms with E-state index in [2.05, 4.69) is 25.7 Å². The Balaban J connectivity index is 3.72. The highest BCUT2D eigenvalue weighted by Crippen LogP contribution is 2.04. The molecule has 98 valence electrons. The predicted molar refractivity (Wildman–Crippen MR) is 70.7 cm³/mol. The summed E-state index contributed by atoms with van der Waals surface area (Å²) in [6.07, 6.45) is 3.42. The number of rotatable bonds is 10. The fourth-order valence-electron chi connectivity index (χ4n) is 1.81. The molecule has 1 unspecified atom stereocenters. The molecule has 0 aliphatic rings. The number of nitrogens with two attached hydrogens (primary N) is 1. The molecule has 1 atom stereocenters. The van der Waals surface area contributed by atoms with Crippen LogP contribution in [0.25, 0.3) is 0 Å². The minimum atomic E-state index is 0.378. The van der Waals surface area contributed by atoms with Crippen molar-refractivity contribution in [3.63, 3.8) is 0 Å². The monoisotopic (exact) mass is 230 g/mol. The summed E-state index contributed by atoms with van der Waals surface area (Å²) in [5.74, 6) is 0.719. The minimum absolute atomic E-state index is 0.378. The van der Waals surface area contributed by atoms with Gasteiger partial charge in [-0.2, -0.15) is 0 Å². The van der Waals surface area contributed by atoms with Crippen molar-refractivity contribution in [2.45, 2.75) is 46.1 Å². The molecule has 0 saturated heterocycles. The molecule has 0 radical (unpaired) electrons. The van der Waals surface area contributed by atoms with Gasteiger partial charge in [0.05, 0.1) is 6.61 Å². The third-order valence-corrected chi connectivity index (χ3v) is 2.81. The van der Waals surface area contributed by atoms with E-state index in [1.54, 1.807) is 7.11 Å². The van der Waals surface area contributed by atoms with Gasteiger partial charge in [-0.1, -0.05) is 20.8 Å². The molecule has 0 heterocycles. The summed E-state index contributed by atoms with van der Waals surface area (Å²) >= 11 is 0. The van der Waals surface area contributed by atoms with E-state index in [4.69, 9.17) is 10.5 Å². The fraction of sp³-hybridized carbons (Fsp3) is 1.00. The van der Waals surface area contributed by atoms with Gasteiger partial charge in [0.15, 0.2) is 0 Å². The lowest BCUT2D eigenvalue weighted by Crippen LogP contribution is -2.32. The molecule has 0 aliphatic heterocycles. The first-order chi connectivity index (χ1) is 7.60. The summed E-state index contributed by atoms with van der Waals surface area (Å²) in [7, 11) is 1.76. The second-order valence-electron chi connectivity index (χ2n) is 5.00. The third-order valence-electron chi connectivity index (χ3n) is 2.81. The number of nitrogens with zero attached hydrogens (tertiary/aromatic N) is 1. The van der Waals surface area contributed by atoms with Gasteiger partial charge >= 0.3 is 0 Å². The zero-order chi connectivity index (χ0) is 12.4. The zero-order valence-corrected chi connectivity index (χ0v) is 11.5. The lowest BCUT2D eigenvalue weighted by Gasteiger charge is -2.24. The van der Waals surface area contributed by atoms with Gasteiger partial charge in [0.1, 0.15) is 0 Å². The van der Waals surface area contributed by atoms with E-state index < -0.39 is 0 Å². The van der Waals surface area contributed by atoms with Crippen LogP contribution in [0.15, 0.2) is 0 Å². The van der Waals surface area contributed by atoms with Gasteiger partial charge in [-0.25, -0.2) is 0 Å². The SMILES string of the molecule is CCC(N)CCCN(CCOC)CC(C)C. The van der Waals surface area contributed by atoms with Gasteiger partial charge in [0.25, 0.3) is 0 Å². The number of hydrogen-bond acceptors (Lipinski definition) is 3. The molecule has 0 amide bonds. The van der Waals surface area contributed by atoms with Crippen molar-refractivity contribution >= 4 is 0 Å². The topological polar surface area (TPSA) is 38.5 Å². The molecular weight excluding hydrogens is 200 g/mol. The number of ether oxygens (including phenoxy) is 1. The predicted octanol–water partition coefficient (Wildman–Crippen LogP) is 2.11. The summed E-state index contributed by atoms with van der Waals surface area (Å²) in [6, 6.07) is 0.378. The molecule has 0 rings (SSSR count). The first-order valence-corrected chi connectivity index (χ1v) is 6.57. The van der Waals surface area contributed by atoms with Crippen molar-refractivity contribution in [3.05, 3.63) is 0 Å². The maximum Gasteiger partial charge on any atom is 0.0589 e. The van der Waals surface area contributed by atoms with Crippen LogP contribution < -0.4 is 5.73 Å². The maximum absolute atomic E-state index is 5.92. The average Bonchev–Trinajstić information content (AvgIpc) is 2.24. The van der Waals surface area contributed by atoms with Crippen LogP contribution in [0.1, 0.15) is 40.0 Å². The Morgan fingerprint density at radius 3 is 2.44 bits per heavy atom. The van der Waals surface area contributed by atoms with Crippen molar-refractivity contribution in [1.82, 2.24) is 4.90 Å². The summed E-state index contributed by atoms with van der Waals surface area (Å²) in [6.45, 7) is 10.8. The van der Waals surface area contributed by atoms with Crippen LogP contribution in [0.5, 0.6) is 0 Å². The van der Waals surface area contributed by atoms with Crippen molar-refractivity contribution in [2.24, 2.45) is 11.7 Å². The van der Waals surface area contributed by atoms with Crippen LogP contribution in [-0.4, -0.2) is 44.3 Å². The largest absolute Gasteiger partial charge is 0.383 e. The molecule has 0 aromatic heterocycles. The standard InChI is InChI=1S/C13H30N2O/c1-5-13(14)7-6-8-15(9-10-16-4)11-12(2)3/h12-13H,5-11,14H2,1-4H3. The number of methoxy groups -OCH3 is 1. The van der Waals surface area contributed by atoms with E-state index in [-0.39, 0.29) is 0 Å². The second-order valence-corrected chi connectivity index (χ2v) is 5.00. The molecule has 0 fully saturated rings. The summed E-state index contributed by atoms with van der Waals surface area (Å²) in [5, 5.41) is 0. The molecule has 16 heavy (non-hydrogen) atoms. The lowest BCUT2D eigenvalue weighted by atomic mass is 10.1. The molecule has 3 nitrogen and oxygen atoms in total. The molecular formula is C13H30N2O. The molecule has 2 N–H and O–H groups in total. The van der Waals surface area contributed by atoms with Gasteiger partial charge in [-0.3, -0.25) is 0 Å². The third kappa shape index (κ3) is 9.13. The fourth-order valence-corrected chi connectivity index (χ4v) is 1.81. The van der Waals surface area contributed by atoms with Crippen LogP contribution in [0.3, 0.4) is 0 Å². The van der Waals surface area contributed by atoms with E-state index in [0.29, 0.717) is 6.04 Å². The Morgan fingerprint density at radius 1 is 1.25 bits per heavy atom. The highest BCUT2D eigenvalue weighted by molar-refractivity contribution is 4.64. The van der Waals surface area contributed by atoms with Crippen LogP contribution in [0.4, 0.5) is 0 Å². The van der Waals surface area contributed by atoms with Gasteiger partial charge in [-0.05, 0) is 31.7 Å². The first kappa shape index (κ1) is 15.9. The molecule has 3 heteroatoms. The van der Waals surface area contributed by atoms with Crippen LogP contribution in [0, 0.1) is 5.92 Å². The Labute approximate surface area is 101 Å². The summed E-state index contributed by atoms with van der Waals surface area (Å²) in [5.41, 5.74) is 5.92. The molecule has 0 bridgehead atoms. The summed E-state index contributed by atoms with van der Waals surface area (Å²) < 4.78 is 5.14. The van der Waals surface area contributed by atoms with Crippen LogP contribution in [0.2, 0.25) is 0 Å². The quantitative estimate of drug-likeness (QED) is 0.625. The molecule has 0 spiro atoms. The molecule has 0 aromatic rings. The molecule has 0 aliphatic carbocycles. The highest BCUT2D eigenvalue weighted by atomic mass is 16.5. The Bertz CT molecular complexity index is 151. The first-order valence-electron chi connectivity index (χ1n) is 6.57. The van der Waals surface area contributed by atoms with E-state index in [0.717, 1.165) is 45.0 Å². The van der Waals surface area contributed by atoms with Crippen molar-refractivity contribution in [1.29, 1.82) is 0 Å². The lowest BCUT2D eigenvalue weighted by molar-refractivity contribution is 0.138. The van der Waals surface area contributed by atoms with Gasteiger partial charge in [-0.15, -0.1) is 0 Å². The van der Waals surface area contributed by atoms with E-state index in [1.807, 2.05) is 0 Å². The Morgan fingerprint density at radius 2 is 1.94 bits per heavy atom. The van der Waals surface area contributed by atoms with Gasteiger partial charge in [0, 0.05) is 26.2 Å². The zero-order valence-electron chi connectivity index (χ0n) is 11.5. The van der Waals surface area contributed by atoms with E-state index in [1.165, 1.54) is 6.42 Å². The minimum Gasteiger partial charge on any atom is -0.383 e. The molecule has 0 aromatic carbocycles. The van der Waals surface area contributed by atoms with Gasteiger partial charge < -0.3 is 15.4 Å². The van der Waals surface area contributed by atoms with Crippen LogP contribution in [-0.2, 0) is 4.74 Å². The van der Waals surface area contributed by atoms with Crippen molar-refractivity contribution in [2.75, 3.05) is 33.4 Å². The Hall–Kier alpha value is -0.120. The summed E-state index contributed by atoms with van der Waals surface area (Å²) in [4.78, 5) is 2.48. The number of hydrogen-bond donors (Lipinski definition) is 1. The van der Waals surface area contributed by atoms with Crippen LogP contribution >= 0.6 is 0 Å². The van der Waals surface area contributed by atoms with Crippen molar-refractivity contribution < 1.29 is 4.74 Å². The normalized spacial score (nSPS) is 13.7. The van der Waals surface area contributed by atoms with Gasteiger partial charge in [0.2, 0.25) is 0 Å². The smallest absolute Gasteiger partial charge is 0.0589 e. The second kappa shape index (κ2) is 10.1. The molecule has 0 saturated carbocycles. The maximum atomic E-state index is 5.92.